The van der Waals surface area contributed by atoms with Crippen molar-refractivity contribution in [3.05, 3.63) is 29.8 Å². The van der Waals surface area contributed by atoms with Crippen LogP contribution < -0.4 is 10.1 Å². The number of hydrogen-bond acceptors (Lipinski definition) is 3. The number of nitrogens with one attached hydrogen (secondary N) is 1. The molecule has 6 heteroatoms. The van der Waals surface area contributed by atoms with Crippen LogP contribution in [0.5, 0.6) is 5.75 Å². The van der Waals surface area contributed by atoms with E-state index in [4.69, 9.17) is 4.74 Å². The molecular weight excluding hydrogens is 292 g/mol. The van der Waals surface area contributed by atoms with Gasteiger partial charge in [0.05, 0.1) is 5.60 Å². The lowest BCUT2D eigenvalue weighted by molar-refractivity contribution is -0.128. The van der Waals surface area contributed by atoms with Crippen LogP contribution in [0.1, 0.15) is 34.1 Å². The first-order chi connectivity index (χ1) is 10.2. The molecule has 0 saturated carbocycles. The number of rotatable bonds is 7. The molecule has 0 aromatic heterocycles. The molecule has 1 aromatic carbocycles. The maximum atomic E-state index is 13.1. The Labute approximate surface area is 129 Å². The van der Waals surface area contributed by atoms with Gasteiger partial charge < -0.3 is 15.2 Å². The molecule has 0 aliphatic heterocycles. The van der Waals surface area contributed by atoms with Crippen molar-refractivity contribution < 1.29 is 23.4 Å². The highest BCUT2D eigenvalue weighted by atomic mass is 19.2. The van der Waals surface area contributed by atoms with Crippen LogP contribution in [0.15, 0.2) is 18.2 Å². The molecule has 124 valence electrons. The van der Waals surface area contributed by atoms with Crippen molar-refractivity contribution in [1.82, 2.24) is 5.32 Å². The molecule has 0 aliphatic rings. The summed E-state index contributed by atoms with van der Waals surface area (Å²) in [5, 5.41) is 12.8. The maximum absolute atomic E-state index is 13.1. The molecule has 1 amide bonds. The molecule has 0 heterocycles. The van der Waals surface area contributed by atoms with Crippen LogP contribution in [0.4, 0.5) is 8.78 Å². The lowest BCUT2D eigenvalue weighted by atomic mass is 9.88. The summed E-state index contributed by atoms with van der Waals surface area (Å²) in [6.45, 7) is 7.09. The first-order valence-electron chi connectivity index (χ1n) is 7.29. The van der Waals surface area contributed by atoms with Gasteiger partial charge in [0.15, 0.2) is 17.7 Å². The van der Waals surface area contributed by atoms with Gasteiger partial charge in [-0.2, -0.15) is 0 Å². The highest BCUT2D eigenvalue weighted by Gasteiger charge is 2.28. The zero-order valence-electron chi connectivity index (χ0n) is 13.3. The fraction of sp³-hybridized carbons (Fsp3) is 0.562. The number of hydrogen-bond donors (Lipinski definition) is 2. The van der Waals surface area contributed by atoms with Crippen molar-refractivity contribution in [3.63, 3.8) is 0 Å². The molecule has 0 fully saturated rings. The highest BCUT2D eigenvalue weighted by molar-refractivity contribution is 5.80. The summed E-state index contributed by atoms with van der Waals surface area (Å²) in [6, 6.07) is 3.06. The molecule has 0 spiro atoms. The van der Waals surface area contributed by atoms with E-state index in [1.807, 2.05) is 13.8 Å². The molecule has 4 nitrogen and oxygen atoms in total. The minimum absolute atomic E-state index is 0.0234. The van der Waals surface area contributed by atoms with Crippen molar-refractivity contribution in [2.45, 2.75) is 45.8 Å². The Bertz CT molecular complexity index is 520. The molecule has 3 atom stereocenters. The van der Waals surface area contributed by atoms with Gasteiger partial charge >= 0.3 is 0 Å². The fourth-order valence-electron chi connectivity index (χ4n) is 1.83. The van der Waals surface area contributed by atoms with Gasteiger partial charge in [-0.3, -0.25) is 4.79 Å². The van der Waals surface area contributed by atoms with E-state index in [1.165, 1.54) is 13.0 Å². The van der Waals surface area contributed by atoms with Crippen LogP contribution in [-0.4, -0.2) is 29.3 Å². The van der Waals surface area contributed by atoms with E-state index in [2.05, 4.69) is 5.32 Å². The fourth-order valence-corrected chi connectivity index (χ4v) is 1.83. The molecule has 3 unspecified atom stereocenters. The van der Waals surface area contributed by atoms with E-state index in [0.717, 1.165) is 18.6 Å². The van der Waals surface area contributed by atoms with E-state index >= 15 is 0 Å². The summed E-state index contributed by atoms with van der Waals surface area (Å²) in [6.07, 6.45) is -0.110. The highest BCUT2D eigenvalue weighted by Crippen LogP contribution is 2.19. The average molecular weight is 315 g/mol. The van der Waals surface area contributed by atoms with Crippen LogP contribution in [0, 0.1) is 17.6 Å². The maximum Gasteiger partial charge on any atom is 0.260 e. The zero-order valence-corrected chi connectivity index (χ0v) is 13.3. The van der Waals surface area contributed by atoms with Crippen molar-refractivity contribution in [1.29, 1.82) is 0 Å². The summed E-state index contributed by atoms with van der Waals surface area (Å²) in [4.78, 5) is 11.9. The smallest absolute Gasteiger partial charge is 0.260 e. The quantitative estimate of drug-likeness (QED) is 0.813. The second kappa shape index (κ2) is 7.54. The van der Waals surface area contributed by atoms with Crippen molar-refractivity contribution in [3.8, 4) is 5.75 Å². The van der Waals surface area contributed by atoms with Crippen LogP contribution in [0.2, 0.25) is 0 Å². The van der Waals surface area contributed by atoms with Gasteiger partial charge in [-0.05, 0) is 31.9 Å². The lowest BCUT2D eigenvalue weighted by Crippen LogP contribution is -2.48. The summed E-state index contributed by atoms with van der Waals surface area (Å²) in [5.41, 5.74) is -1.02. The van der Waals surface area contributed by atoms with E-state index in [-0.39, 0.29) is 18.2 Å². The molecular formula is C16H23F2NO3. The molecule has 0 saturated heterocycles. The first-order valence-corrected chi connectivity index (χ1v) is 7.29. The van der Waals surface area contributed by atoms with Crippen LogP contribution in [0.3, 0.4) is 0 Å². The number of carbonyl (C=O) groups excluding carboxylic acids is 1. The number of amides is 1. The van der Waals surface area contributed by atoms with Crippen molar-refractivity contribution in [2.24, 2.45) is 5.92 Å². The van der Waals surface area contributed by atoms with Gasteiger partial charge in [-0.15, -0.1) is 0 Å². The van der Waals surface area contributed by atoms with Gasteiger partial charge in [0.1, 0.15) is 5.75 Å². The number of benzene rings is 1. The Morgan fingerprint density at radius 3 is 2.55 bits per heavy atom. The molecule has 0 aliphatic carbocycles. The van der Waals surface area contributed by atoms with Gasteiger partial charge in [-0.1, -0.05) is 20.3 Å². The normalized spacial score (nSPS) is 16.5. The predicted molar refractivity (Wildman–Crippen MR) is 79.5 cm³/mol. The second-order valence-corrected chi connectivity index (χ2v) is 5.72. The Morgan fingerprint density at radius 2 is 2.00 bits per heavy atom. The monoisotopic (exact) mass is 315 g/mol. The first kappa shape index (κ1) is 18.4. The molecule has 2 N–H and O–H groups in total. The van der Waals surface area contributed by atoms with Crippen LogP contribution in [-0.2, 0) is 4.79 Å². The Kier molecular flexibility index (Phi) is 6.29. The zero-order chi connectivity index (χ0) is 16.9. The van der Waals surface area contributed by atoms with Gasteiger partial charge in [0.2, 0.25) is 0 Å². The molecule has 0 bridgehead atoms. The van der Waals surface area contributed by atoms with Gasteiger partial charge in [0.25, 0.3) is 5.91 Å². The molecule has 22 heavy (non-hydrogen) atoms. The van der Waals surface area contributed by atoms with Crippen molar-refractivity contribution >= 4 is 5.91 Å². The number of halogens is 2. The minimum Gasteiger partial charge on any atom is -0.481 e. The minimum atomic E-state index is -1.04. The van der Waals surface area contributed by atoms with Crippen LogP contribution >= 0.6 is 0 Å². The Morgan fingerprint density at radius 1 is 1.36 bits per heavy atom. The molecule has 1 rings (SSSR count). The SMILES string of the molecule is CCC(C)C(C)(O)CNC(=O)C(C)Oc1ccc(F)c(F)c1. The molecule has 1 aromatic rings. The number of aliphatic hydroxyl groups is 1. The van der Waals surface area contributed by atoms with E-state index in [1.54, 1.807) is 6.92 Å². The van der Waals surface area contributed by atoms with E-state index in [0.29, 0.717) is 0 Å². The average Bonchev–Trinajstić information content (AvgIpc) is 2.47. The third-order valence-electron chi connectivity index (χ3n) is 3.87. The van der Waals surface area contributed by atoms with Gasteiger partial charge in [-0.25, -0.2) is 8.78 Å². The third-order valence-corrected chi connectivity index (χ3v) is 3.87. The van der Waals surface area contributed by atoms with E-state index in [9.17, 15) is 18.7 Å². The third kappa shape index (κ3) is 4.94. The number of ether oxygens (including phenoxy) is 1. The standard InChI is InChI=1S/C16H23F2NO3/c1-5-10(2)16(4,21)9-19-15(20)11(3)22-12-6-7-13(17)14(18)8-12/h6-8,10-11,21H,5,9H2,1-4H3,(H,19,20). The summed E-state index contributed by atoms with van der Waals surface area (Å²) in [5.74, 6) is -2.36. The lowest BCUT2D eigenvalue weighted by Gasteiger charge is -2.30. The summed E-state index contributed by atoms with van der Waals surface area (Å²) >= 11 is 0. The van der Waals surface area contributed by atoms with Crippen LogP contribution in [0.25, 0.3) is 0 Å². The predicted octanol–water partition coefficient (Wildman–Crippen LogP) is 2.65. The second-order valence-electron chi connectivity index (χ2n) is 5.72. The number of carbonyl (C=O) groups is 1. The largest absolute Gasteiger partial charge is 0.481 e. The van der Waals surface area contributed by atoms with Crippen molar-refractivity contribution in [2.75, 3.05) is 6.54 Å². The Balaban J connectivity index is 2.56. The molecule has 0 radical (unpaired) electrons. The van der Waals surface area contributed by atoms with Gasteiger partial charge in [0, 0.05) is 12.6 Å². The Hall–Kier alpha value is -1.69. The summed E-state index contributed by atoms with van der Waals surface area (Å²) in [7, 11) is 0. The van der Waals surface area contributed by atoms with E-state index < -0.39 is 29.2 Å². The topological polar surface area (TPSA) is 58.6 Å². The summed E-state index contributed by atoms with van der Waals surface area (Å²) < 4.78 is 31.2.